The summed E-state index contributed by atoms with van der Waals surface area (Å²) in [5.41, 5.74) is 0. The van der Waals surface area contributed by atoms with E-state index in [-0.39, 0.29) is 51.3 Å². The number of carbonyl (C=O) groups excluding carboxylic acids is 4. The fourth-order valence-electron chi connectivity index (χ4n) is 13.9. The molecule has 0 heterocycles. The maximum absolute atomic E-state index is 13.3. The number of unbranched alkanes of at least 4 members (excludes halogenated alkanes) is 46. The maximum Gasteiger partial charge on any atom is 0.472 e. The minimum atomic E-state index is -4.65. The van der Waals surface area contributed by atoms with Crippen LogP contribution in [0.1, 0.15) is 433 Å². The van der Waals surface area contributed by atoms with E-state index < -0.39 is 59.2 Å². The molecule has 20 heteroatoms. The van der Waals surface area contributed by atoms with Crippen LogP contribution in [0.4, 0.5) is 0 Å². The Morgan fingerprint density at radius 2 is 0.505 bits per heavy atom. The Hall–Kier alpha value is -1.98. The first kappa shape index (κ1) is 103. The van der Waals surface area contributed by atoms with Gasteiger partial charge in [-0.1, -0.05) is 388 Å². The highest BCUT2D eigenvalue weighted by Crippen LogP contribution is 2.44. The second-order valence-corrected chi connectivity index (χ2v) is 33.9. The van der Waals surface area contributed by atoms with Gasteiger partial charge in [-0.25, -0.2) is 9.13 Å². The summed E-state index contributed by atoms with van der Waals surface area (Å²) < 4.78 is 60.0. The summed E-state index contributed by atoms with van der Waals surface area (Å²) in [6.45, 7) is 12.9. The SMILES string of the molecule is CCCCCCCCCCCCCC(=O)N[C@H](COCC[C@H](CCCCCCC)CCCCCCCCCCCC)COP(=O)(O)OCCNC(=O)CC(=O)NCCOP(=O)(O)OC[C@@H](COCC[C@H](CCCCCCC)CCCCCCCCCCCC)NC(=O)CCCCCCCCCCCCC. The number of amides is 4. The van der Waals surface area contributed by atoms with Gasteiger partial charge in [-0.15, -0.1) is 0 Å². The van der Waals surface area contributed by atoms with Gasteiger partial charge in [0.15, 0.2) is 0 Å². The van der Waals surface area contributed by atoms with Gasteiger partial charge in [0.2, 0.25) is 23.6 Å². The highest BCUT2D eigenvalue weighted by Gasteiger charge is 2.27. The molecule has 0 aliphatic heterocycles. The lowest BCUT2D eigenvalue weighted by atomic mass is 9.91. The molecule has 105 heavy (non-hydrogen) atoms. The molecule has 18 nitrogen and oxygen atoms in total. The van der Waals surface area contributed by atoms with Gasteiger partial charge >= 0.3 is 15.6 Å². The Balaban J connectivity index is 5.41. The van der Waals surface area contributed by atoms with Gasteiger partial charge in [0.1, 0.15) is 6.42 Å². The van der Waals surface area contributed by atoms with Crippen molar-refractivity contribution >= 4 is 39.3 Å². The number of phosphoric acid groups is 2. The average molecular weight is 1530 g/mol. The number of nitrogens with one attached hydrogen (secondary N) is 4. The monoisotopic (exact) mass is 1530 g/mol. The zero-order chi connectivity index (χ0) is 76.9. The highest BCUT2D eigenvalue weighted by molar-refractivity contribution is 7.47. The van der Waals surface area contributed by atoms with E-state index in [1.54, 1.807) is 0 Å². The van der Waals surface area contributed by atoms with Gasteiger partial charge in [-0.2, -0.15) is 0 Å². The van der Waals surface area contributed by atoms with Crippen molar-refractivity contribution in [3.05, 3.63) is 0 Å². The van der Waals surface area contributed by atoms with Crippen molar-refractivity contribution in [2.45, 2.75) is 445 Å². The number of hydrogen-bond acceptors (Lipinski definition) is 12. The lowest BCUT2D eigenvalue weighted by molar-refractivity contribution is -0.129. The molecule has 0 bridgehead atoms. The quantitative estimate of drug-likeness (QED) is 0.0188. The van der Waals surface area contributed by atoms with E-state index in [9.17, 15) is 38.1 Å². The summed E-state index contributed by atoms with van der Waals surface area (Å²) >= 11 is 0. The number of rotatable bonds is 86. The van der Waals surface area contributed by atoms with Crippen LogP contribution in [0.25, 0.3) is 0 Å². The molecule has 2 unspecified atom stereocenters. The Morgan fingerprint density at radius 3 is 0.752 bits per heavy atom. The van der Waals surface area contributed by atoms with E-state index in [1.165, 1.54) is 308 Å². The van der Waals surface area contributed by atoms with Crippen molar-refractivity contribution in [3.63, 3.8) is 0 Å². The molecule has 0 aromatic heterocycles. The minimum Gasteiger partial charge on any atom is -0.379 e. The highest BCUT2D eigenvalue weighted by atomic mass is 31.2. The van der Waals surface area contributed by atoms with Crippen LogP contribution in [0, 0.1) is 11.8 Å². The van der Waals surface area contributed by atoms with Crippen LogP contribution in [-0.2, 0) is 55.9 Å². The molecule has 0 aliphatic rings. The summed E-state index contributed by atoms with van der Waals surface area (Å²) in [5.74, 6) is -0.589. The van der Waals surface area contributed by atoms with Gasteiger partial charge in [0.25, 0.3) is 0 Å². The van der Waals surface area contributed by atoms with E-state index in [1.807, 2.05) is 0 Å². The van der Waals surface area contributed by atoms with E-state index in [0.29, 0.717) is 37.9 Å². The summed E-state index contributed by atoms with van der Waals surface area (Å²) in [7, 11) is -9.30. The molecule has 6 atom stereocenters. The molecule has 4 amide bonds. The molecule has 0 aromatic rings. The number of carbonyl (C=O) groups is 4. The Labute approximate surface area is 646 Å². The first-order valence-corrected chi connectivity index (χ1v) is 47.6. The molecule has 0 aromatic carbocycles. The third-order valence-corrected chi connectivity index (χ3v) is 22.6. The predicted molar refractivity (Wildman–Crippen MR) is 438 cm³/mol. The lowest BCUT2D eigenvalue weighted by Crippen LogP contribution is -2.41. The third-order valence-electron chi connectivity index (χ3n) is 20.6. The normalized spacial score (nSPS) is 14.0. The number of ether oxygens (including phenoxy) is 2. The molecule has 624 valence electrons. The van der Waals surface area contributed by atoms with Gasteiger partial charge in [0.05, 0.1) is 51.7 Å². The molecular weight excluding hydrogens is 1360 g/mol. The van der Waals surface area contributed by atoms with Crippen molar-refractivity contribution in [2.75, 3.05) is 65.9 Å². The second kappa shape index (κ2) is 78.7. The summed E-state index contributed by atoms with van der Waals surface area (Å²) in [6, 6.07) is -1.39. The Kier molecular flexibility index (Phi) is 77.2. The third kappa shape index (κ3) is 75.8. The zero-order valence-electron chi connectivity index (χ0n) is 69.2. The topological polar surface area (TPSA) is 246 Å². The molecule has 0 radical (unpaired) electrons. The van der Waals surface area contributed by atoms with Crippen molar-refractivity contribution < 1.29 is 65.7 Å². The van der Waals surface area contributed by atoms with E-state index in [4.69, 9.17) is 27.6 Å². The standard InChI is InChI=1S/C85H170N4O14P2/c1-7-13-19-25-29-33-37-41-45-51-57-63-82(90)88-80(74-98-69-65-78(59-53-47-23-17-11-5)61-55-49-43-39-35-31-27-21-15-9-3)76-102-104(94,95)100-71-67-86-84(92)73-85(93)87-68-72-101-105(96,97)103-77-81(89-83(91)64-58-52-46-42-38-34-30-26-20-14-8-2)75-99-70-66-79(60-54-48-24-18-12-6)62-56-50-44-40-36-32-28-22-16-10-4/h78-81H,7-77H2,1-6H3,(H,86,92)(H,87,93)(H,88,90)(H,89,91)(H,94,95)(H,96,97)/t78-,79-,80-,81-/m1/s1. The Bertz CT molecular complexity index is 1880. The van der Waals surface area contributed by atoms with Crippen molar-refractivity contribution in [1.29, 1.82) is 0 Å². The van der Waals surface area contributed by atoms with Crippen molar-refractivity contribution in [1.82, 2.24) is 21.3 Å². The molecule has 0 saturated carbocycles. The molecule has 0 fully saturated rings. The lowest BCUT2D eigenvalue weighted by Gasteiger charge is -2.22. The summed E-state index contributed by atoms with van der Waals surface area (Å²) in [5, 5.41) is 11.0. The average Bonchev–Trinajstić information content (AvgIpc) is 1.14. The van der Waals surface area contributed by atoms with Crippen molar-refractivity contribution in [2.24, 2.45) is 11.8 Å². The van der Waals surface area contributed by atoms with Gasteiger partial charge in [-0.05, 0) is 37.5 Å². The molecule has 0 aliphatic carbocycles. The van der Waals surface area contributed by atoms with Gasteiger partial charge in [0, 0.05) is 39.1 Å². The first-order chi connectivity index (χ1) is 51.1. The summed E-state index contributed by atoms with van der Waals surface area (Å²) in [6.07, 6.45) is 71.0. The second-order valence-electron chi connectivity index (χ2n) is 31.0. The van der Waals surface area contributed by atoms with E-state index in [2.05, 4.69) is 62.8 Å². The van der Waals surface area contributed by atoms with Gasteiger partial charge in [-0.3, -0.25) is 37.3 Å². The largest absolute Gasteiger partial charge is 0.472 e. The van der Waals surface area contributed by atoms with Crippen LogP contribution in [0.5, 0.6) is 0 Å². The molecule has 0 saturated heterocycles. The smallest absolute Gasteiger partial charge is 0.379 e. The molecule has 0 spiro atoms. The van der Waals surface area contributed by atoms with Crippen LogP contribution in [0.15, 0.2) is 0 Å². The van der Waals surface area contributed by atoms with Crippen LogP contribution in [0.3, 0.4) is 0 Å². The first-order valence-electron chi connectivity index (χ1n) is 44.6. The predicted octanol–water partition coefficient (Wildman–Crippen LogP) is 23.6. The molecular formula is C85H170N4O14P2. The number of hydrogen-bond donors (Lipinski definition) is 6. The van der Waals surface area contributed by atoms with Crippen LogP contribution in [-0.4, -0.2) is 111 Å². The van der Waals surface area contributed by atoms with Crippen LogP contribution < -0.4 is 21.3 Å². The fourth-order valence-corrected chi connectivity index (χ4v) is 15.4. The van der Waals surface area contributed by atoms with E-state index >= 15 is 0 Å². The summed E-state index contributed by atoms with van der Waals surface area (Å²) in [4.78, 5) is 73.5. The molecule has 0 rings (SSSR count). The molecule has 6 N–H and O–H groups in total. The number of phosphoric ester groups is 2. The Morgan fingerprint density at radius 1 is 0.276 bits per heavy atom. The van der Waals surface area contributed by atoms with E-state index in [0.717, 1.165) is 64.2 Å². The van der Waals surface area contributed by atoms with Crippen LogP contribution >= 0.6 is 15.6 Å². The minimum absolute atomic E-state index is 0.110. The maximum atomic E-state index is 13.3. The van der Waals surface area contributed by atoms with Gasteiger partial charge < -0.3 is 40.5 Å². The zero-order valence-corrected chi connectivity index (χ0v) is 71.0. The van der Waals surface area contributed by atoms with Crippen molar-refractivity contribution in [3.8, 4) is 0 Å². The fraction of sp³-hybridized carbons (Fsp3) is 0.953. The van der Waals surface area contributed by atoms with Crippen LogP contribution in [0.2, 0.25) is 0 Å².